The standard InChI is InChI=1S/C23H26N4O4S/c28-23(21-12-16-6-9-24-15-22(16)31-21)26-13-17-4-5-20(14-25-17)32(29,30)19-7-10-27(11-8-19)18-2-1-3-18/h4-6,9,12,14-15,18-19H,1-3,7-8,10-11,13H2,(H,26,28). The van der Waals surface area contributed by atoms with Crippen LogP contribution in [0.1, 0.15) is 48.4 Å². The third kappa shape index (κ3) is 4.14. The molecule has 1 saturated carbocycles. The second kappa shape index (κ2) is 8.63. The Morgan fingerprint density at radius 2 is 1.94 bits per heavy atom. The van der Waals surface area contributed by atoms with Gasteiger partial charge in [0.05, 0.1) is 28.6 Å². The molecule has 3 aromatic heterocycles. The lowest BCUT2D eigenvalue weighted by atomic mass is 9.90. The minimum atomic E-state index is -3.40. The molecule has 0 unspecified atom stereocenters. The van der Waals surface area contributed by atoms with Crippen molar-refractivity contribution in [3.05, 3.63) is 54.3 Å². The van der Waals surface area contributed by atoms with Crippen LogP contribution in [0.4, 0.5) is 0 Å². The Morgan fingerprint density at radius 1 is 1.12 bits per heavy atom. The molecular weight excluding hydrogens is 428 g/mol. The lowest BCUT2D eigenvalue weighted by molar-refractivity contribution is 0.0925. The summed E-state index contributed by atoms with van der Waals surface area (Å²) in [4.78, 5) is 23.3. The summed E-state index contributed by atoms with van der Waals surface area (Å²) in [6.45, 7) is 1.88. The molecule has 2 aliphatic rings. The number of hydrogen-bond donors (Lipinski definition) is 1. The number of sulfone groups is 1. The number of nitrogens with zero attached hydrogens (tertiary/aromatic N) is 3. The Labute approximate surface area is 187 Å². The zero-order valence-electron chi connectivity index (χ0n) is 17.7. The predicted octanol–water partition coefficient (Wildman–Crippen LogP) is 2.94. The molecule has 3 aromatic rings. The van der Waals surface area contributed by atoms with Crippen LogP contribution >= 0.6 is 0 Å². The molecule has 9 heteroatoms. The Hall–Kier alpha value is -2.78. The van der Waals surface area contributed by atoms with Crippen molar-refractivity contribution in [2.24, 2.45) is 0 Å². The van der Waals surface area contributed by atoms with Crippen LogP contribution in [-0.2, 0) is 16.4 Å². The van der Waals surface area contributed by atoms with Gasteiger partial charge in [-0.2, -0.15) is 0 Å². The highest BCUT2D eigenvalue weighted by Gasteiger charge is 2.34. The number of likely N-dealkylation sites (tertiary alicyclic amines) is 1. The normalized spacial score (nSPS) is 18.5. The highest BCUT2D eigenvalue weighted by atomic mass is 32.2. The van der Waals surface area contributed by atoms with E-state index in [0.29, 0.717) is 30.2 Å². The molecule has 1 aliphatic carbocycles. The summed E-state index contributed by atoms with van der Waals surface area (Å²) in [5.74, 6) is -0.168. The van der Waals surface area contributed by atoms with E-state index in [4.69, 9.17) is 4.42 Å². The number of amides is 1. The molecule has 168 valence electrons. The summed E-state index contributed by atoms with van der Waals surface area (Å²) in [5.41, 5.74) is 1.12. The van der Waals surface area contributed by atoms with Gasteiger partial charge in [0, 0.05) is 23.8 Å². The summed E-state index contributed by atoms with van der Waals surface area (Å²) >= 11 is 0. The van der Waals surface area contributed by atoms with Gasteiger partial charge in [-0.15, -0.1) is 0 Å². The maximum Gasteiger partial charge on any atom is 0.287 e. The van der Waals surface area contributed by atoms with Crippen molar-refractivity contribution < 1.29 is 17.6 Å². The molecule has 1 amide bonds. The van der Waals surface area contributed by atoms with Crippen LogP contribution in [0.3, 0.4) is 0 Å². The first-order chi connectivity index (χ1) is 15.5. The Bertz CT molecular complexity index is 1180. The van der Waals surface area contributed by atoms with Crippen LogP contribution in [0.25, 0.3) is 11.0 Å². The maximum atomic E-state index is 13.0. The Morgan fingerprint density at radius 3 is 2.59 bits per heavy atom. The quantitative estimate of drug-likeness (QED) is 0.610. The second-order valence-electron chi connectivity index (χ2n) is 8.56. The van der Waals surface area contributed by atoms with Crippen molar-refractivity contribution in [3.63, 3.8) is 0 Å². The SMILES string of the molecule is O=C(NCc1ccc(S(=O)(=O)C2CCN(C3CCC3)CC2)cn1)c1cc2ccncc2o1. The topological polar surface area (TPSA) is 105 Å². The number of carbonyl (C=O) groups excluding carboxylic acids is 1. The van der Waals surface area contributed by atoms with Gasteiger partial charge in [0.2, 0.25) is 0 Å². The molecule has 0 radical (unpaired) electrons. The molecule has 32 heavy (non-hydrogen) atoms. The van der Waals surface area contributed by atoms with Gasteiger partial charge in [-0.1, -0.05) is 6.42 Å². The average molecular weight is 455 g/mol. The van der Waals surface area contributed by atoms with Crippen molar-refractivity contribution in [2.45, 2.75) is 54.8 Å². The molecule has 4 heterocycles. The zero-order valence-corrected chi connectivity index (χ0v) is 18.6. The highest BCUT2D eigenvalue weighted by molar-refractivity contribution is 7.92. The molecule has 2 fully saturated rings. The summed E-state index contributed by atoms with van der Waals surface area (Å²) in [6.07, 6.45) is 9.72. The molecule has 8 nitrogen and oxygen atoms in total. The first-order valence-electron chi connectivity index (χ1n) is 11.1. The number of aromatic nitrogens is 2. The van der Waals surface area contributed by atoms with Crippen LogP contribution < -0.4 is 5.32 Å². The van der Waals surface area contributed by atoms with Crippen LogP contribution in [0.2, 0.25) is 0 Å². The van der Waals surface area contributed by atoms with E-state index >= 15 is 0 Å². The Kier molecular flexibility index (Phi) is 5.69. The van der Waals surface area contributed by atoms with Crippen molar-refractivity contribution in [1.82, 2.24) is 20.2 Å². The third-order valence-electron chi connectivity index (χ3n) is 6.61. The van der Waals surface area contributed by atoms with E-state index < -0.39 is 9.84 Å². The fourth-order valence-corrected chi connectivity index (χ4v) is 6.11. The van der Waals surface area contributed by atoms with Gasteiger partial charge in [0.1, 0.15) is 0 Å². The fourth-order valence-electron chi connectivity index (χ4n) is 4.43. The molecule has 0 spiro atoms. The molecule has 1 saturated heterocycles. The first kappa shape index (κ1) is 21.1. The van der Waals surface area contributed by atoms with Crippen molar-refractivity contribution in [2.75, 3.05) is 13.1 Å². The van der Waals surface area contributed by atoms with Crippen LogP contribution in [0.15, 0.2) is 52.2 Å². The van der Waals surface area contributed by atoms with Crippen molar-refractivity contribution in [1.29, 1.82) is 0 Å². The number of hydrogen-bond acceptors (Lipinski definition) is 7. The van der Waals surface area contributed by atoms with E-state index in [2.05, 4.69) is 20.2 Å². The van der Waals surface area contributed by atoms with E-state index in [1.54, 1.807) is 36.7 Å². The lowest BCUT2D eigenvalue weighted by Gasteiger charge is -2.41. The third-order valence-corrected chi connectivity index (χ3v) is 8.86. The van der Waals surface area contributed by atoms with Crippen molar-refractivity contribution in [3.8, 4) is 0 Å². The number of nitrogens with one attached hydrogen (secondary N) is 1. The molecule has 0 atom stereocenters. The maximum absolute atomic E-state index is 13.0. The van der Waals surface area contributed by atoms with Crippen molar-refractivity contribution >= 4 is 26.7 Å². The smallest absolute Gasteiger partial charge is 0.287 e. The number of rotatable bonds is 6. The highest BCUT2D eigenvalue weighted by Crippen LogP contribution is 2.30. The van der Waals surface area contributed by atoms with Crippen LogP contribution in [0, 0.1) is 0 Å². The van der Waals surface area contributed by atoms with E-state index in [1.165, 1.54) is 25.5 Å². The van der Waals surface area contributed by atoms with Gasteiger partial charge in [-0.05, 0) is 63.0 Å². The summed E-state index contributed by atoms with van der Waals surface area (Å²) in [7, 11) is -3.40. The van der Waals surface area contributed by atoms with Crippen LogP contribution in [0.5, 0.6) is 0 Å². The molecule has 1 aliphatic heterocycles. The average Bonchev–Trinajstić information content (AvgIpc) is 3.21. The number of piperidine rings is 1. The molecular formula is C23H26N4O4S. The number of carbonyl (C=O) groups is 1. The lowest BCUT2D eigenvalue weighted by Crippen LogP contribution is -2.47. The predicted molar refractivity (Wildman–Crippen MR) is 119 cm³/mol. The number of pyridine rings is 2. The Balaban J connectivity index is 1.18. The van der Waals surface area contributed by atoms with E-state index in [9.17, 15) is 13.2 Å². The summed E-state index contributed by atoms with van der Waals surface area (Å²) in [5, 5.41) is 3.20. The number of furan rings is 1. The van der Waals surface area contributed by atoms with Crippen LogP contribution in [-0.4, -0.2) is 53.6 Å². The minimum Gasteiger partial charge on any atom is -0.449 e. The molecule has 0 bridgehead atoms. The summed E-state index contributed by atoms with van der Waals surface area (Å²) in [6, 6.07) is 7.33. The molecule has 1 N–H and O–H groups in total. The number of fused-ring (bicyclic) bond motifs is 1. The zero-order chi connectivity index (χ0) is 22.1. The molecule has 5 rings (SSSR count). The van der Waals surface area contributed by atoms with Gasteiger partial charge < -0.3 is 14.6 Å². The monoisotopic (exact) mass is 454 g/mol. The van der Waals surface area contributed by atoms with Gasteiger partial charge in [-0.3, -0.25) is 14.8 Å². The second-order valence-corrected chi connectivity index (χ2v) is 10.8. The van der Waals surface area contributed by atoms with Gasteiger partial charge in [0.25, 0.3) is 5.91 Å². The summed E-state index contributed by atoms with van der Waals surface area (Å²) < 4.78 is 31.6. The van der Waals surface area contributed by atoms with E-state index in [0.717, 1.165) is 18.5 Å². The largest absolute Gasteiger partial charge is 0.449 e. The fraction of sp³-hybridized carbons (Fsp3) is 0.435. The van der Waals surface area contributed by atoms with Gasteiger partial charge in [-0.25, -0.2) is 8.42 Å². The van der Waals surface area contributed by atoms with E-state index in [1.807, 2.05) is 0 Å². The van der Waals surface area contributed by atoms with Gasteiger partial charge >= 0.3 is 0 Å². The first-order valence-corrected chi connectivity index (χ1v) is 12.6. The van der Waals surface area contributed by atoms with Gasteiger partial charge in [0.15, 0.2) is 21.2 Å². The van der Waals surface area contributed by atoms with E-state index in [-0.39, 0.29) is 28.4 Å². The molecule has 0 aromatic carbocycles. The minimum absolute atomic E-state index is 0.175.